The van der Waals surface area contributed by atoms with E-state index in [4.69, 9.17) is 0 Å². The molecule has 0 spiro atoms. The first-order chi connectivity index (χ1) is 8.70. The molecule has 1 aromatic heterocycles. The maximum absolute atomic E-state index is 12.0. The molecule has 2 heterocycles. The Hall–Kier alpha value is -2.18. The van der Waals surface area contributed by atoms with Crippen LogP contribution < -0.4 is 10.6 Å². The van der Waals surface area contributed by atoms with Crippen LogP contribution in [0.1, 0.15) is 17.4 Å². The minimum absolute atomic E-state index is 0.0788. The average Bonchev–Trinajstić information content (AvgIpc) is 2.39. The summed E-state index contributed by atoms with van der Waals surface area (Å²) in [6.45, 7) is 3.76. The molecule has 1 aromatic rings. The van der Waals surface area contributed by atoms with Gasteiger partial charge in [-0.15, -0.1) is 10.2 Å². The molecule has 96 valence electrons. The van der Waals surface area contributed by atoms with Crippen LogP contribution in [0.3, 0.4) is 0 Å². The molecule has 1 aliphatic rings. The van der Waals surface area contributed by atoms with Gasteiger partial charge in [0.05, 0.1) is 6.54 Å². The SMILES string of the molecule is CCNc1ccc(C(=O)N2CCNC(=O)C2)nn1. The van der Waals surface area contributed by atoms with E-state index in [1.54, 1.807) is 12.1 Å². The van der Waals surface area contributed by atoms with Gasteiger partial charge in [0.1, 0.15) is 5.82 Å². The van der Waals surface area contributed by atoms with E-state index in [-0.39, 0.29) is 24.1 Å². The zero-order chi connectivity index (χ0) is 13.0. The van der Waals surface area contributed by atoms with E-state index in [9.17, 15) is 9.59 Å². The molecule has 0 aliphatic carbocycles. The van der Waals surface area contributed by atoms with Gasteiger partial charge in [-0.1, -0.05) is 0 Å². The number of piperazine rings is 1. The van der Waals surface area contributed by atoms with Gasteiger partial charge in [-0.2, -0.15) is 0 Å². The van der Waals surface area contributed by atoms with E-state index in [0.717, 1.165) is 6.54 Å². The fourth-order valence-electron chi connectivity index (χ4n) is 1.70. The zero-order valence-electron chi connectivity index (χ0n) is 10.1. The molecular formula is C11H15N5O2. The van der Waals surface area contributed by atoms with Crippen LogP contribution in [0.2, 0.25) is 0 Å². The van der Waals surface area contributed by atoms with E-state index in [2.05, 4.69) is 20.8 Å². The number of rotatable bonds is 3. The summed E-state index contributed by atoms with van der Waals surface area (Å²) in [5, 5.41) is 13.4. The summed E-state index contributed by atoms with van der Waals surface area (Å²) in [5.41, 5.74) is 0.256. The lowest BCUT2D eigenvalue weighted by molar-refractivity contribution is -0.123. The first-order valence-electron chi connectivity index (χ1n) is 5.84. The van der Waals surface area contributed by atoms with Crippen LogP contribution in [-0.4, -0.2) is 53.1 Å². The number of carbonyl (C=O) groups excluding carboxylic acids is 2. The number of nitrogens with one attached hydrogen (secondary N) is 2. The van der Waals surface area contributed by atoms with E-state index < -0.39 is 0 Å². The summed E-state index contributed by atoms with van der Waals surface area (Å²) >= 11 is 0. The number of amides is 2. The van der Waals surface area contributed by atoms with Crippen molar-refractivity contribution in [2.24, 2.45) is 0 Å². The van der Waals surface area contributed by atoms with Gasteiger partial charge >= 0.3 is 0 Å². The summed E-state index contributed by atoms with van der Waals surface area (Å²) in [6.07, 6.45) is 0. The summed E-state index contributed by atoms with van der Waals surface area (Å²) in [6, 6.07) is 3.31. The highest BCUT2D eigenvalue weighted by atomic mass is 16.2. The van der Waals surface area contributed by atoms with Gasteiger partial charge in [-0.05, 0) is 19.1 Å². The normalized spacial score (nSPS) is 15.2. The molecular weight excluding hydrogens is 234 g/mol. The van der Waals surface area contributed by atoms with Crippen LogP contribution in [0.15, 0.2) is 12.1 Å². The fraction of sp³-hybridized carbons (Fsp3) is 0.455. The summed E-state index contributed by atoms with van der Waals surface area (Å²) in [5.74, 6) is 0.220. The number of hydrogen-bond donors (Lipinski definition) is 2. The third-order valence-electron chi connectivity index (χ3n) is 2.57. The Balaban J connectivity index is 2.06. The van der Waals surface area contributed by atoms with Crippen LogP contribution in [0.5, 0.6) is 0 Å². The fourth-order valence-corrected chi connectivity index (χ4v) is 1.70. The second-order valence-electron chi connectivity index (χ2n) is 3.91. The minimum Gasteiger partial charge on any atom is -0.369 e. The Morgan fingerprint density at radius 2 is 2.33 bits per heavy atom. The van der Waals surface area contributed by atoms with Crippen molar-refractivity contribution in [1.29, 1.82) is 0 Å². The van der Waals surface area contributed by atoms with E-state index in [0.29, 0.717) is 18.9 Å². The molecule has 18 heavy (non-hydrogen) atoms. The maximum atomic E-state index is 12.0. The lowest BCUT2D eigenvalue weighted by atomic mass is 10.3. The van der Waals surface area contributed by atoms with Crippen molar-refractivity contribution in [2.45, 2.75) is 6.92 Å². The van der Waals surface area contributed by atoms with E-state index in [1.807, 2.05) is 6.92 Å². The van der Waals surface area contributed by atoms with Gasteiger partial charge in [0.25, 0.3) is 5.91 Å². The van der Waals surface area contributed by atoms with Gasteiger partial charge < -0.3 is 15.5 Å². The first-order valence-corrected chi connectivity index (χ1v) is 5.84. The van der Waals surface area contributed by atoms with Crippen molar-refractivity contribution >= 4 is 17.6 Å². The Bertz CT molecular complexity index is 445. The first kappa shape index (κ1) is 12.3. The van der Waals surface area contributed by atoms with Crippen LogP contribution in [0.25, 0.3) is 0 Å². The Labute approximate surface area is 105 Å². The molecule has 7 nitrogen and oxygen atoms in total. The molecule has 1 aliphatic heterocycles. The second-order valence-corrected chi connectivity index (χ2v) is 3.91. The molecule has 0 atom stereocenters. The number of aromatic nitrogens is 2. The van der Waals surface area contributed by atoms with Crippen molar-refractivity contribution in [2.75, 3.05) is 31.5 Å². The summed E-state index contributed by atoms with van der Waals surface area (Å²) in [7, 11) is 0. The molecule has 0 radical (unpaired) electrons. The van der Waals surface area contributed by atoms with Crippen molar-refractivity contribution in [3.8, 4) is 0 Å². The molecule has 0 aromatic carbocycles. The van der Waals surface area contributed by atoms with Gasteiger partial charge in [0, 0.05) is 19.6 Å². The molecule has 1 saturated heterocycles. The second kappa shape index (κ2) is 5.44. The number of carbonyl (C=O) groups is 2. The molecule has 0 saturated carbocycles. The van der Waals surface area contributed by atoms with Crippen molar-refractivity contribution < 1.29 is 9.59 Å². The molecule has 2 rings (SSSR count). The minimum atomic E-state index is -0.264. The number of hydrogen-bond acceptors (Lipinski definition) is 5. The number of nitrogens with zero attached hydrogens (tertiary/aromatic N) is 3. The average molecular weight is 249 g/mol. The Morgan fingerprint density at radius 3 is 2.94 bits per heavy atom. The van der Waals surface area contributed by atoms with Gasteiger partial charge in [-0.25, -0.2) is 0 Å². The largest absolute Gasteiger partial charge is 0.369 e. The highest BCUT2D eigenvalue weighted by Crippen LogP contribution is 2.06. The third-order valence-corrected chi connectivity index (χ3v) is 2.57. The van der Waals surface area contributed by atoms with Crippen LogP contribution in [0.4, 0.5) is 5.82 Å². The zero-order valence-corrected chi connectivity index (χ0v) is 10.1. The predicted molar refractivity (Wildman–Crippen MR) is 65.1 cm³/mol. The van der Waals surface area contributed by atoms with Crippen LogP contribution in [-0.2, 0) is 4.79 Å². The van der Waals surface area contributed by atoms with Crippen LogP contribution in [0, 0.1) is 0 Å². The molecule has 0 unspecified atom stereocenters. The van der Waals surface area contributed by atoms with Crippen molar-refractivity contribution in [1.82, 2.24) is 20.4 Å². The van der Waals surface area contributed by atoms with Gasteiger partial charge in [0.2, 0.25) is 5.91 Å². The van der Waals surface area contributed by atoms with Crippen molar-refractivity contribution in [3.05, 3.63) is 17.8 Å². The van der Waals surface area contributed by atoms with E-state index >= 15 is 0 Å². The van der Waals surface area contributed by atoms with Crippen molar-refractivity contribution in [3.63, 3.8) is 0 Å². The quantitative estimate of drug-likeness (QED) is 0.752. The smallest absolute Gasteiger partial charge is 0.274 e. The standard InChI is InChI=1S/C11H15N5O2/c1-2-12-9-4-3-8(14-15-9)11(18)16-6-5-13-10(17)7-16/h3-4H,2,5-7H2,1H3,(H,12,15)(H,13,17). The molecule has 0 bridgehead atoms. The van der Waals surface area contributed by atoms with Gasteiger partial charge in [-0.3, -0.25) is 9.59 Å². The monoisotopic (exact) mass is 249 g/mol. The molecule has 2 amide bonds. The highest BCUT2D eigenvalue weighted by molar-refractivity contribution is 5.95. The topological polar surface area (TPSA) is 87.2 Å². The van der Waals surface area contributed by atoms with Crippen LogP contribution >= 0.6 is 0 Å². The summed E-state index contributed by atoms with van der Waals surface area (Å²) in [4.78, 5) is 24.7. The predicted octanol–water partition coefficient (Wildman–Crippen LogP) is -0.520. The molecule has 2 N–H and O–H groups in total. The lowest BCUT2D eigenvalue weighted by Gasteiger charge is -2.26. The van der Waals surface area contributed by atoms with Gasteiger partial charge in [0.15, 0.2) is 5.69 Å². The lowest BCUT2D eigenvalue weighted by Crippen LogP contribution is -2.50. The Kier molecular flexibility index (Phi) is 3.71. The number of anilines is 1. The third kappa shape index (κ3) is 2.73. The maximum Gasteiger partial charge on any atom is 0.274 e. The molecule has 1 fully saturated rings. The van der Waals surface area contributed by atoms with E-state index in [1.165, 1.54) is 4.90 Å². The molecule has 7 heteroatoms. The summed E-state index contributed by atoms with van der Waals surface area (Å²) < 4.78 is 0. The highest BCUT2D eigenvalue weighted by Gasteiger charge is 2.23. The Morgan fingerprint density at radius 1 is 1.50 bits per heavy atom.